The Morgan fingerprint density at radius 2 is 1.74 bits per heavy atom. The van der Waals surface area contributed by atoms with Crippen molar-refractivity contribution in [1.82, 2.24) is 20.9 Å². The van der Waals surface area contributed by atoms with Gasteiger partial charge in [-0.05, 0) is 48.2 Å². The Labute approximate surface area is 199 Å². The van der Waals surface area contributed by atoms with Crippen LogP contribution in [0.15, 0.2) is 53.7 Å². The number of benzene rings is 2. The molecule has 4 N–H and O–H groups in total. The summed E-state index contributed by atoms with van der Waals surface area (Å²) in [6.07, 6.45) is 3.16. The Morgan fingerprint density at radius 1 is 1.03 bits per heavy atom. The lowest BCUT2D eigenvalue weighted by atomic mass is 10.1. The molecular formula is C23H29FIN5O. The van der Waals surface area contributed by atoms with Crippen molar-refractivity contribution < 1.29 is 9.18 Å². The molecule has 2 aromatic carbocycles. The molecule has 0 atom stereocenters. The van der Waals surface area contributed by atoms with Gasteiger partial charge in [0.05, 0.1) is 6.42 Å². The van der Waals surface area contributed by atoms with Gasteiger partial charge in [0.2, 0.25) is 5.91 Å². The van der Waals surface area contributed by atoms with Gasteiger partial charge in [0.15, 0.2) is 5.96 Å². The monoisotopic (exact) mass is 537 g/mol. The molecular weight excluding hydrogens is 508 g/mol. The smallest absolute Gasteiger partial charge is 0.224 e. The summed E-state index contributed by atoms with van der Waals surface area (Å²) in [6, 6.07) is 12.4. The van der Waals surface area contributed by atoms with E-state index in [0.717, 1.165) is 24.0 Å². The van der Waals surface area contributed by atoms with Crippen LogP contribution in [0, 0.1) is 12.7 Å². The van der Waals surface area contributed by atoms with Gasteiger partial charge >= 0.3 is 0 Å². The fraction of sp³-hybridized carbons (Fsp3) is 0.304. The van der Waals surface area contributed by atoms with Gasteiger partial charge in [0, 0.05) is 43.8 Å². The summed E-state index contributed by atoms with van der Waals surface area (Å²) in [5.74, 6) is 0.293. The third-order valence-corrected chi connectivity index (χ3v) is 4.85. The number of carbonyl (C=O) groups is 1. The predicted molar refractivity (Wildman–Crippen MR) is 135 cm³/mol. The predicted octanol–water partition coefficient (Wildman–Crippen LogP) is 3.30. The number of hydrogen-bond acceptors (Lipinski definition) is 2. The minimum absolute atomic E-state index is 0. The number of nitrogens with one attached hydrogen (secondary N) is 4. The average Bonchev–Trinajstić information content (AvgIpc) is 3.13. The SMILES string of the molecule is CN=C(NCCNC(=O)Cc1ccc(F)cc1)NCCc1c[nH]c2cc(C)ccc12.I. The van der Waals surface area contributed by atoms with E-state index in [1.807, 2.05) is 0 Å². The first-order valence-corrected chi connectivity index (χ1v) is 10.1. The molecule has 0 aliphatic heterocycles. The molecule has 0 aliphatic carbocycles. The molecule has 0 saturated carbocycles. The fourth-order valence-electron chi connectivity index (χ4n) is 3.28. The molecule has 0 fully saturated rings. The number of aromatic amines is 1. The zero-order valence-electron chi connectivity index (χ0n) is 17.8. The molecule has 8 heteroatoms. The van der Waals surface area contributed by atoms with Gasteiger partial charge in [0.25, 0.3) is 0 Å². The number of fused-ring (bicyclic) bond motifs is 1. The van der Waals surface area contributed by atoms with Crippen LogP contribution in [0.5, 0.6) is 0 Å². The number of nitrogens with zero attached hydrogens (tertiary/aromatic N) is 1. The van der Waals surface area contributed by atoms with Crippen LogP contribution < -0.4 is 16.0 Å². The third-order valence-electron chi connectivity index (χ3n) is 4.85. The van der Waals surface area contributed by atoms with Crippen LogP contribution in [0.2, 0.25) is 0 Å². The van der Waals surface area contributed by atoms with Gasteiger partial charge in [0.1, 0.15) is 5.82 Å². The maximum atomic E-state index is 12.9. The minimum Gasteiger partial charge on any atom is -0.361 e. The molecule has 0 bridgehead atoms. The van der Waals surface area contributed by atoms with Crippen LogP contribution in [0.3, 0.4) is 0 Å². The molecule has 0 saturated heterocycles. The van der Waals surface area contributed by atoms with Gasteiger partial charge in [-0.1, -0.05) is 24.3 Å². The number of halogens is 2. The number of H-pyrrole nitrogens is 1. The lowest BCUT2D eigenvalue weighted by molar-refractivity contribution is -0.120. The number of amides is 1. The maximum Gasteiger partial charge on any atom is 0.224 e. The van der Waals surface area contributed by atoms with Crippen molar-refractivity contribution in [2.24, 2.45) is 4.99 Å². The lowest BCUT2D eigenvalue weighted by Gasteiger charge is -2.12. The van der Waals surface area contributed by atoms with Crippen molar-refractivity contribution in [2.45, 2.75) is 19.8 Å². The molecule has 3 rings (SSSR count). The Hall–Kier alpha value is -2.62. The summed E-state index contributed by atoms with van der Waals surface area (Å²) in [6.45, 7) is 3.86. The van der Waals surface area contributed by atoms with Crippen molar-refractivity contribution >= 4 is 46.7 Å². The molecule has 31 heavy (non-hydrogen) atoms. The Bertz CT molecular complexity index is 1020. The fourth-order valence-corrected chi connectivity index (χ4v) is 3.28. The van der Waals surface area contributed by atoms with Crippen molar-refractivity contribution in [3.63, 3.8) is 0 Å². The van der Waals surface area contributed by atoms with Crippen LogP contribution in [0.25, 0.3) is 10.9 Å². The highest BCUT2D eigenvalue weighted by molar-refractivity contribution is 14.0. The number of aromatic nitrogens is 1. The molecule has 1 amide bonds. The number of guanidine groups is 1. The third kappa shape index (κ3) is 7.54. The van der Waals surface area contributed by atoms with Gasteiger partial charge in [-0.25, -0.2) is 4.39 Å². The van der Waals surface area contributed by atoms with Crippen molar-refractivity contribution in [3.05, 3.63) is 71.2 Å². The minimum atomic E-state index is -0.304. The topological polar surface area (TPSA) is 81.3 Å². The van der Waals surface area contributed by atoms with E-state index in [2.05, 4.69) is 57.2 Å². The molecule has 1 heterocycles. The molecule has 6 nitrogen and oxygen atoms in total. The molecule has 0 unspecified atom stereocenters. The second-order valence-electron chi connectivity index (χ2n) is 7.19. The van der Waals surface area contributed by atoms with E-state index in [1.165, 1.54) is 28.6 Å². The highest BCUT2D eigenvalue weighted by Gasteiger charge is 2.05. The number of carbonyl (C=O) groups excluding carboxylic acids is 1. The number of hydrogen-bond donors (Lipinski definition) is 4. The largest absolute Gasteiger partial charge is 0.361 e. The second-order valence-corrected chi connectivity index (χ2v) is 7.19. The van der Waals surface area contributed by atoms with E-state index in [1.54, 1.807) is 19.2 Å². The molecule has 166 valence electrons. The van der Waals surface area contributed by atoms with Crippen molar-refractivity contribution in [2.75, 3.05) is 26.7 Å². The molecule has 3 aromatic rings. The van der Waals surface area contributed by atoms with Gasteiger partial charge < -0.3 is 20.9 Å². The normalized spacial score (nSPS) is 11.1. The zero-order valence-corrected chi connectivity index (χ0v) is 20.1. The molecule has 0 spiro atoms. The molecule has 0 radical (unpaired) electrons. The van der Waals surface area contributed by atoms with Crippen molar-refractivity contribution in [3.8, 4) is 0 Å². The summed E-state index contributed by atoms with van der Waals surface area (Å²) in [7, 11) is 1.72. The summed E-state index contributed by atoms with van der Waals surface area (Å²) < 4.78 is 12.9. The van der Waals surface area contributed by atoms with E-state index >= 15 is 0 Å². The Balaban J connectivity index is 0.00000341. The van der Waals surface area contributed by atoms with Gasteiger partial charge in [-0.15, -0.1) is 24.0 Å². The Morgan fingerprint density at radius 3 is 2.48 bits per heavy atom. The van der Waals surface area contributed by atoms with E-state index in [9.17, 15) is 9.18 Å². The zero-order chi connectivity index (χ0) is 21.3. The number of aryl methyl sites for hydroxylation is 1. The molecule has 0 aliphatic rings. The highest BCUT2D eigenvalue weighted by atomic mass is 127. The standard InChI is InChI=1S/C23H28FN5O.HI/c1-16-3-8-20-18(15-29-21(20)13-16)9-10-27-23(25-2)28-12-11-26-22(30)14-17-4-6-19(24)7-5-17;/h3-8,13,15,29H,9-12,14H2,1-2H3,(H,26,30)(H2,25,27,28);1H. The van der Waals surface area contributed by atoms with E-state index < -0.39 is 0 Å². The first-order valence-electron chi connectivity index (χ1n) is 10.1. The van der Waals surface area contributed by atoms with Crippen LogP contribution in [0.1, 0.15) is 16.7 Å². The van der Waals surface area contributed by atoms with Crippen LogP contribution in [0.4, 0.5) is 4.39 Å². The van der Waals surface area contributed by atoms with Gasteiger partial charge in [-0.3, -0.25) is 9.79 Å². The number of aliphatic imine (C=N–C) groups is 1. The van der Waals surface area contributed by atoms with Gasteiger partial charge in [-0.2, -0.15) is 0 Å². The summed E-state index contributed by atoms with van der Waals surface area (Å²) >= 11 is 0. The average molecular weight is 537 g/mol. The van der Waals surface area contributed by atoms with Crippen LogP contribution in [-0.2, 0) is 17.6 Å². The van der Waals surface area contributed by atoms with E-state index in [-0.39, 0.29) is 42.1 Å². The summed E-state index contributed by atoms with van der Waals surface area (Å²) in [4.78, 5) is 19.5. The summed E-state index contributed by atoms with van der Waals surface area (Å²) in [5, 5.41) is 10.6. The maximum absolute atomic E-state index is 12.9. The van der Waals surface area contributed by atoms with Crippen molar-refractivity contribution in [1.29, 1.82) is 0 Å². The number of rotatable bonds is 8. The van der Waals surface area contributed by atoms with E-state index in [0.29, 0.717) is 19.0 Å². The van der Waals surface area contributed by atoms with Crippen LogP contribution in [-0.4, -0.2) is 43.5 Å². The summed E-state index contributed by atoms with van der Waals surface area (Å²) in [5.41, 5.74) is 4.44. The van der Waals surface area contributed by atoms with Crippen LogP contribution >= 0.6 is 24.0 Å². The Kier molecular flexibility index (Phi) is 9.77. The second kappa shape index (κ2) is 12.3. The van der Waals surface area contributed by atoms with E-state index in [4.69, 9.17) is 0 Å². The lowest BCUT2D eigenvalue weighted by Crippen LogP contribution is -2.42. The first-order chi connectivity index (χ1) is 14.5. The highest BCUT2D eigenvalue weighted by Crippen LogP contribution is 2.19. The molecule has 1 aromatic heterocycles. The first kappa shape index (κ1) is 24.6. The quantitative estimate of drug-likeness (QED) is 0.154.